The molecular weight excluding hydrogens is 339 g/mol. The summed E-state index contributed by atoms with van der Waals surface area (Å²) < 4.78 is 70.8. The summed E-state index contributed by atoms with van der Waals surface area (Å²) in [5.41, 5.74) is -2.17. The van der Waals surface area contributed by atoms with E-state index in [9.17, 15) is 31.5 Å². The SMILES string of the molecule is CCC(C)(CC(=O)OCC(F)(F)C(F)(F)F)OC(=O)C(C)(C)CC. The zero-order valence-electron chi connectivity index (χ0n) is 14.4. The van der Waals surface area contributed by atoms with Crippen LogP contribution in [0.25, 0.3) is 0 Å². The molecular formula is C15H23F5O4. The average Bonchev–Trinajstić information content (AvgIpc) is 2.43. The Kier molecular flexibility index (Phi) is 7.20. The van der Waals surface area contributed by atoms with Gasteiger partial charge in [-0.25, -0.2) is 0 Å². The maximum Gasteiger partial charge on any atom is 0.456 e. The van der Waals surface area contributed by atoms with E-state index < -0.39 is 48.1 Å². The number of hydrogen-bond donors (Lipinski definition) is 0. The second kappa shape index (κ2) is 7.65. The van der Waals surface area contributed by atoms with Crippen molar-refractivity contribution in [2.75, 3.05) is 6.61 Å². The van der Waals surface area contributed by atoms with Crippen LogP contribution in [-0.4, -0.2) is 36.2 Å². The van der Waals surface area contributed by atoms with E-state index in [-0.39, 0.29) is 6.42 Å². The first kappa shape index (κ1) is 22.6. The van der Waals surface area contributed by atoms with Crippen LogP contribution in [0.5, 0.6) is 0 Å². The van der Waals surface area contributed by atoms with Gasteiger partial charge in [-0.05, 0) is 33.6 Å². The first-order valence-corrected chi connectivity index (χ1v) is 7.44. The molecule has 0 aliphatic rings. The van der Waals surface area contributed by atoms with Crippen LogP contribution in [0.1, 0.15) is 53.9 Å². The van der Waals surface area contributed by atoms with Crippen molar-refractivity contribution >= 4 is 11.9 Å². The van der Waals surface area contributed by atoms with Crippen molar-refractivity contribution in [3.63, 3.8) is 0 Å². The van der Waals surface area contributed by atoms with E-state index in [4.69, 9.17) is 4.74 Å². The lowest BCUT2D eigenvalue weighted by atomic mass is 9.89. The molecule has 0 aliphatic heterocycles. The van der Waals surface area contributed by atoms with Crippen LogP contribution in [0.2, 0.25) is 0 Å². The summed E-state index contributed by atoms with van der Waals surface area (Å²) in [6.45, 7) is 5.90. The molecule has 0 fully saturated rings. The molecule has 0 radical (unpaired) electrons. The Bertz CT molecular complexity index is 459. The van der Waals surface area contributed by atoms with Crippen LogP contribution in [0, 0.1) is 5.41 Å². The minimum atomic E-state index is -5.81. The third-order valence-electron chi connectivity index (χ3n) is 3.87. The molecule has 0 bridgehead atoms. The number of esters is 2. The zero-order chi connectivity index (χ0) is 19.4. The summed E-state index contributed by atoms with van der Waals surface area (Å²) >= 11 is 0. The fraction of sp³-hybridized carbons (Fsp3) is 0.867. The van der Waals surface area contributed by atoms with Crippen LogP contribution in [0.3, 0.4) is 0 Å². The van der Waals surface area contributed by atoms with Gasteiger partial charge in [-0.2, -0.15) is 22.0 Å². The fourth-order valence-corrected chi connectivity index (χ4v) is 1.35. The van der Waals surface area contributed by atoms with Gasteiger partial charge in [-0.15, -0.1) is 0 Å². The quantitative estimate of drug-likeness (QED) is 0.478. The van der Waals surface area contributed by atoms with Crippen LogP contribution in [0.4, 0.5) is 22.0 Å². The van der Waals surface area contributed by atoms with Crippen molar-refractivity contribution < 1.29 is 41.0 Å². The maximum absolute atomic E-state index is 12.7. The lowest BCUT2D eigenvalue weighted by molar-refractivity contribution is -0.294. The summed E-state index contributed by atoms with van der Waals surface area (Å²) in [4.78, 5) is 23.6. The Hall–Kier alpha value is -1.41. The monoisotopic (exact) mass is 362 g/mol. The van der Waals surface area contributed by atoms with Crippen LogP contribution in [-0.2, 0) is 19.1 Å². The standard InChI is InChI=1S/C15H23F5O4/c1-6-12(3,4)11(22)24-13(5,7-2)8-10(21)23-9-14(16,17)15(18,19)20/h6-9H2,1-5H3. The number of halogens is 5. The molecule has 0 rings (SSSR count). The largest absolute Gasteiger partial charge is 0.459 e. The zero-order valence-corrected chi connectivity index (χ0v) is 14.4. The van der Waals surface area contributed by atoms with Crippen molar-refractivity contribution in [2.45, 2.75) is 71.6 Å². The van der Waals surface area contributed by atoms with Crippen LogP contribution < -0.4 is 0 Å². The van der Waals surface area contributed by atoms with Gasteiger partial charge in [0.1, 0.15) is 5.60 Å². The highest BCUT2D eigenvalue weighted by Crippen LogP contribution is 2.36. The van der Waals surface area contributed by atoms with Gasteiger partial charge in [-0.3, -0.25) is 9.59 Å². The molecule has 0 aromatic rings. The molecule has 24 heavy (non-hydrogen) atoms. The Morgan fingerprint density at radius 2 is 1.42 bits per heavy atom. The Morgan fingerprint density at radius 3 is 1.79 bits per heavy atom. The number of hydrogen-bond acceptors (Lipinski definition) is 4. The lowest BCUT2D eigenvalue weighted by Gasteiger charge is -2.32. The molecule has 0 aromatic carbocycles. The Balaban J connectivity index is 4.82. The third kappa shape index (κ3) is 6.24. The normalized spacial score (nSPS) is 15.6. The minimum Gasteiger partial charge on any atom is -0.459 e. The summed E-state index contributed by atoms with van der Waals surface area (Å²) in [5, 5.41) is 0. The highest BCUT2D eigenvalue weighted by Gasteiger charge is 2.58. The smallest absolute Gasteiger partial charge is 0.456 e. The number of ether oxygens (including phenoxy) is 2. The number of carbonyl (C=O) groups is 2. The van der Waals surface area contributed by atoms with E-state index in [1.807, 2.05) is 0 Å². The van der Waals surface area contributed by atoms with E-state index in [1.54, 1.807) is 27.7 Å². The molecule has 0 saturated carbocycles. The van der Waals surface area contributed by atoms with Crippen molar-refractivity contribution in [3.05, 3.63) is 0 Å². The Labute approximate surface area is 137 Å². The van der Waals surface area contributed by atoms with Crippen molar-refractivity contribution in [2.24, 2.45) is 5.41 Å². The van der Waals surface area contributed by atoms with E-state index in [2.05, 4.69) is 4.74 Å². The molecule has 1 unspecified atom stereocenters. The predicted molar refractivity (Wildman–Crippen MR) is 75.4 cm³/mol. The molecule has 0 saturated heterocycles. The van der Waals surface area contributed by atoms with E-state index in [0.717, 1.165) is 0 Å². The summed E-state index contributed by atoms with van der Waals surface area (Å²) in [6, 6.07) is 0. The van der Waals surface area contributed by atoms with Crippen molar-refractivity contribution in [3.8, 4) is 0 Å². The molecule has 1 atom stereocenters. The van der Waals surface area contributed by atoms with Gasteiger partial charge < -0.3 is 9.47 Å². The van der Waals surface area contributed by atoms with E-state index in [0.29, 0.717) is 6.42 Å². The summed E-state index contributed by atoms with van der Waals surface area (Å²) in [7, 11) is 0. The second-order valence-corrected chi connectivity index (χ2v) is 6.47. The Morgan fingerprint density at radius 1 is 0.917 bits per heavy atom. The van der Waals surface area contributed by atoms with Gasteiger partial charge in [0.2, 0.25) is 0 Å². The molecule has 0 heterocycles. The first-order chi connectivity index (χ1) is 10.6. The van der Waals surface area contributed by atoms with Gasteiger partial charge in [-0.1, -0.05) is 13.8 Å². The van der Waals surface area contributed by atoms with Gasteiger partial charge >= 0.3 is 24.0 Å². The molecule has 0 aliphatic carbocycles. The highest BCUT2D eigenvalue weighted by molar-refractivity contribution is 5.77. The molecule has 142 valence electrons. The van der Waals surface area contributed by atoms with Crippen molar-refractivity contribution in [1.29, 1.82) is 0 Å². The van der Waals surface area contributed by atoms with Gasteiger partial charge in [0.05, 0.1) is 11.8 Å². The highest BCUT2D eigenvalue weighted by atomic mass is 19.4. The summed E-state index contributed by atoms with van der Waals surface area (Å²) in [5.74, 6) is -7.03. The molecule has 0 aromatic heterocycles. The number of carbonyl (C=O) groups excluding carboxylic acids is 2. The fourth-order valence-electron chi connectivity index (χ4n) is 1.35. The van der Waals surface area contributed by atoms with E-state index in [1.165, 1.54) is 6.92 Å². The summed E-state index contributed by atoms with van der Waals surface area (Å²) in [6.07, 6.45) is -5.81. The average molecular weight is 362 g/mol. The van der Waals surface area contributed by atoms with Crippen LogP contribution >= 0.6 is 0 Å². The minimum absolute atomic E-state index is 0.156. The number of alkyl halides is 5. The topological polar surface area (TPSA) is 52.6 Å². The molecule has 0 N–H and O–H groups in total. The van der Waals surface area contributed by atoms with Gasteiger partial charge in [0, 0.05) is 0 Å². The van der Waals surface area contributed by atoms with E-state index >= 15 is 0 Å². The van der Waals surface area contributed by atoms with Crippen LogP contribution in [0.15, 0.2) is 0 Å². The lowest BCUT2D eigenvalue weighted by Crippen LogP contribution is -2.43. The first-order valence-electron chi connectivity index (χ1n) is 7.44. The second-order valence-electron chi connectivity index (χ2n) is 6.47. The van der Waals surface area contributed by atoms with Gasteiger partial charge in [0.15, 0.2) is 6.61 Å². The third-order valence-corrected chi connectivity index (χ3v) is 3.87. The molecule has 0 spiro atoms. The maximum atomic E-state index is 12.7. The molecule has 9 heteroatoms. The van der Waals surface area contributed by atoms with Crippen molar-refractivity contribution in [1.82, 2.24) is 0 Å². The number of rotatable bonds is 8. The predicted octanol–water partition coefficient (Wildman–Crippen LogP) is 4.27. The molecule has 4 nitrogen and oxygen atoms in total. The van der Waals surface area contributed by atoms with Gasteiger partial charge in [0.25, 0.3) is 0 Å². The molecule has 0 amide bonds.